The average molecular weight is 403 g/mol. The Morgan fingerprint density at radius 2 is 1.74 bits per heavy atom. The van der Waals surface area contributed by atoms with Gasteiger partial charge in [0.2, 0.25) is 0 Å². The lowest BCUT2D eigenvalue weighted by Crippen LogP contribution is -2.27. The van der Waals surface area contributed by atoms with Crippen LogP contribution in [0.25, 0.3) is 11.3 Å². The number of allylic oxidation sites excluding steroid dienone is 3. The number of benzene rings is 2. The number of likely N-dealkylation sites (N-methyl/N-ethyl adjacent to an activating group) is 1. The van der Waals surface area contributed by atoms with E-state index >= 15 is 0 Å². The Morgan fingerprint density at radius 3 is 2.30 bits per heavy atom. The van der Waals surface area contributed by atoms with Crippen LogP contribution in [0.2, 0.25) is 10.0 Å². The molecule has 1 aliphatic rings. The van der Waals surface area contributed by atoms with Crippen LogP contribution in [-0.4, -0.2) is 17.4 Å². The summed E-state index contributed by atoms with van der Waals surface area (Å²) < 4.78 is 13.3. The monoisotopic (exact) mass is 402 g/mol. The molecule has 0 saturated heterocycles. The quantitative estimate of drug-likeness (QED) is 0.708. The number of amides is 1. The van der Waals surface area contributed by atoms with Crippen LogP contribution in [0.3, 0.4) is 0 Å². The zero-order valence-electron chi connectivity index (χ0n) is 14.5. The summed E-state index contributed by atoms with van der Waals surface area (Å²) in [6.07, 6.45) is 5.50. The second-order valence-corrected chi connectivity index (χ2v) is 6.70. The summed E-state index contributed by atoms with van der Waals surface area (Å²) >= 11 is 12.6. The van der Waals surface area contributed by atoms with E-state index in [1.165, 1.54) is 12.1 Å². The van der Waals surface area contributed by atoms with E-state index in [1.807, 2.05) is 24.0 Å². The van der Waals surface area contributed by atoms with Crippen molar-refractivity contribution in [3.8, 4) is 0 Å². The maximum atomic E-state index is 13.3. The molecule has 0 bridgehead atoms. The topological polar surface area (TPSA) is 46.3 Å². The first-order chi connectivity index (χ1) is 12.9. The number of carbonyl (C=O) groups is 1. The maximum absolute atomic E-state index is 13.3. The number of halogens is 3. The Morgan fingerprint density at radius 1 is 1.11 bits per heavy atom. The van der Waals surface area contributed by atoms with Crippen molar-refractivity contribution in [3.63, 3.8) is 0 Å². The van der Waals surface area contributed by atoms with Gasteiger partial charge in [0.1, 0.15) is 5.82 Å². The average Bonchev–Trinajstić information content (AvgIpc) is 2.64. The summed E-state index contributed by atoms with van der Waals surface area (Å²) in [5.74, 6) is -0.950. The summed E-state index contributed by atoms with van der Waals surface area (Å²) in [6, 6.07) is 11.2. The van der Waals surface area contributed by atoms with Crippen molar-refractivity contribution in [3.05, 3.63) is 93.4 Å². The van der Waals surface area contributed by atoms with E-state index < -0.39 is 5.91 Å². The number of carbonyl (C=O) groups excluding carboxylic acids is 1. The van der Waals surface area contributed by atoms with Gasteiger partial charge in [0.25, 0.3) is 5.91 Å². The van der Waals surface area contributed by atoms with Crippen LogP contribution in [0.5, 0.6) is 0 Å². The first kappa shape index (κ1) is 19.2. The Hall–Kier alpha value is -2.56. The van der Waals surface area contributed by atoms with Crippen molar-refractivity contribution in [2.75, 3.05) is 6.54 Å². The number of hydrogen-bond acceptors (Lipinski definition) is 2. The molecule has 6 heteroatoms. The smallest absolute Gasteiger partial charge is 0.251 e. The van der Waals surface area contributed by atoms with Crippen LogP contribution >= 0.6 is 23.2 Å². The van der Waals surface area contributed by atoms with Crippen molar-refractivity contribution in [2.24, 2.45) is 5.73 Å². The van der Waals surface area contributed by atoms with Crippen LogP contribution in [-0.2, 0) is 4.79 Å². The van der Waals surface area contributed by atoms with E-state index in [4.69, 9.17) is 28.9 Å². The summed E-state index contributed by atoms with van der Waals surface area (Å²) in [4.78, 5) is 14.3. The first-order valence-electron chi connectivity index (χ1n) is 8.34. The molecule has 2 N–H and O–H groups in total. The zero-order chi connectivity index (χ0) is 19.6. The number of rotatable bonds is 4. The Labute approximate surface area is 167 Å². The highest BCUT2D eigenvalue weighted by molar-refractivity contribution is 6.40. The lowest BCUT2D eigenvalue weighted by atomic mass is 9.98. The summed E-state index contributed by atoms with van der Waals surface area (Å²) in [5.41, 5.74) is 8.56. The highest BCUT2D eigenvalue weighted by Crippen LogP contribution is 2.37. The molecule has 0 aromatic heterocycles. The van der Waals surface area contributed by atoms with Crippen molar-refractivity contribution < 1.29 is 9.18 Å². The second-order valence-electron chi connectivity index (χ2n) is 5.88. The van der Waals surface area contributed by atoms with E-state index in [0.717, 1.165) is 11.3 Å². The van der Waals surface area contributed by atoms with Crippen LogP contribution in [0, 0.1) is 5.82 Å². The van der Waals surface area contributed by atoms with Crippen LogP contribution in [0.1, 0.15) is 18.1 Å². The van der Waals surface area contributed by atoms with Crippen LogP contribution in [0.4, 0.5) is 4.39 Å². The van der Waals surface area contributed by atoms with E-state index in [9.17, 15) is 9.18 Å². The molecule has 3 rings (SSSR count). The standard InChI is InChI=1S/C21H17Cl2FN2O/c1-2-26-17(13-9-11-14(24)12-10-13)7-4-8-18(26)20(21(25)27)19-15(22)5-3-6-16(19)23/h3-12H,2H2,1H3,(H2,25,27)/b20-18-. The van der Waals surface area contributed by atoms with E-state index in [1.54, 1.807) is 36.4 Å². The molecule has 0 spiro atoms. The lowest BCUT2D eigenvalue weighted by Gasteiger charge is -2.31. The van der Waals surface area contributed by atoms with Gasteiger partial charge in [0.05, 0.1) is 21.3 Å². The Balaban J connectivity index is 2.21. The molecule has 27 heavy (non-hydrogen) atoms. The van der Waals surface area contributed by atoms with Crippen molar-refractivity contribution >= 4 is 40.4 Å². The predicted octanol–water partition coefficient (Wildman–Crippen LogP) is 5.26. The van der Waals surface area contributed by atoms with Crippen molar-refractivity contribution in [1.29, 1.82) is 0 Å². The molecule has 138 valence electrons. The maximum Gasteiger partial charge on any atom is 0.251 e. The van der Waals surface area contributed by atoms with Gasteiger partial charge in [0.15, 0.2) is 0 Å². The fourth-order valence-corrected chi connectivity index (χ4v) is 3.67. The summed E-state index contributed by atoms with van der Waals surface area (Å²) in [7, 11) is 0. The van der Waals surface area contributed by atoms with Gasteiger partial charge in [-0.1, -0.05) is 35.3 Å². The molecular weight excluding hydrogens is 386 g/mol. The third kappa shape index (κ3) is 3.77. The predicted molar refractivity (Wildman–Crippen MR) is 108 cm³/mol. The molecule has 0 atom stereocenters. The highest BCUT2D eigenvalue weighted by Gasteiger charge is 2.25. The molecule has 0 radical (unpaired) electrons. The molecule has 0 fully saturated rings. The molecular formula is C21H17Cl2FN2O. The first-order valence-corrected chi connectivity index (χ1v) is 9.10. The largest absolute Gasteiger partial charge is 0.366 e. The molecule has 1 amide bonds. The number of nitrogens with two attached hydrogens (primary N) is 1. The van der Waals surface area contributed by atoms with E-state index in [0.29, 0.717) is 27.9 Å². The van der Waals surface area contributed by atoms with Gasteiger partial charge in [-0.15, -0.1) is 0 Å². The molecule has 2 aromatic rings. The summed E-state index contributed by atoms with van der Waals surface area (Å²) in [6.45, 7) is 2.51. The van der Waals surface area contributed by atoms with Gasteiger partial charge in [-0.3, -0.25) is 4.79 Å². The molecule has 1 aliphatic heterocycles. The SMILES string of the molecule is CCN1C(c2ccc(F)cc2)=CC=C/C1=C(/C(N)=O)c1c(Cl)cccc1Cl. The van der Waals surface area contributed by atoms with Gasteiger partial charge < -0.3 is 10.6 Å². The zero-order valence-corrected chi connectivity index (χ0v) is 16.1. The molecule has 0 unspecified atom stereocenters. The fraction of sp³-hybridized carbons (Fsp3) is 0.0952. The molecule has 3 nitrogen and oxygen atoms in total. The lowest BCUT2D eigenvalue weighted by molar-refractivity contribution is -0.112. The molecule has 2 aromatic carbocycles. The minimum atomic E-state index is -0.636. The van der Waals surface area contributed by atoms with Crippen LogP contribution in [0.15, 0.2) is 66.4 Å². The highest BCUT2D eigenvalue weighted by atomic mass is 35.5. The van der Waals surface area contributed by atoms with Gasteiger partial charge in [0, 0.05) is 17.8 Å². The van der Waals surface area contributed by atoms with Crippen molar-refractivity contribution in [1.82, 2.24) is 4.90 Å². The van der Waals surface area contributed by atoms with Gasteiger partial charge in [-0.2, -0.15) is 0 Å². The minimum absolute atomic E-state index is 0.233. The number of primary amides is 1. The van der Waals surface area contributed by atoms with E-state index in [2.05, 4.69) is 0 Å². The van der Waals surface area contributed by atoms with Gasteiger partial charge >= 0.3 is 0 Å². The number of nitrogens with zero attached hydrogens (tertiary/aromatic N) is 1. The van der Waals surface area contributed by atoms with Gasteiger partial charge in [-0.25, -0.2) is 4.39 Å². The minimum Gasteiger partial charge on any atom is -0.366 e. The number of hydrogen-bond donors (Lipinski definition) is 1. The van der Waals surface area contributed by atoms with E-state index in [-0.39, 0.29) is 11.4 Å². The Bertz CT molecular complexity index is 958. The van der Waals surface area contributed by atoms with Gasteiger partial charge in [-0.05, 0) is 61.0 Å². The summed E-state index contributed by atoms with van der Waals surface area (Å²) in [5, 5.41) is 0.678. The third-order valence-electron chi connectivity index (χ3n) is 4.26. The normalized spacial score (nSPS) is 15.6. The fourth-order valence-electron chi connectivity index (χ4n) is 3.09. The second kappa shape index (κ2) is 7.99. The van der Waals surface area contributed by atoms with Crippen LogP contribution < -0.4 is 5.73 Å². The molecule has 0 saturated carbocycles. The Kier molecular flexibility index (Phi) is 5.68. The third-order valence-corrected chi connectivity index (χ3v) is 4.89. The molecule has 1 heterocycles. The molecule has 0 aliphatic carbocycles. The van der Waals surface area contributed by atoms with Crippen molar-refractivity contribution in [2.45, 2.75) is 6.92 Å².